The molecule has 1 aromatic carbocycles. The molecule has 2 aliphatic rings. The van der Waals surface area contributed by atoms with E-state index in [1.807, 2.05) is 19.9 Å². The zero-order valence-corrected chi connectivity index (χ0v) is 13.6. The molecule has 21 heavy (non-hydrogen) atoms. The summed E-state index contributed by atoms with van der Waals surface area (Å²) in [6.45, 7) is 4.32. The highest BCUT2D eigenvalue weighted by Crippen LogP contribution is 2.40. The third kappa shape index (κ3) is 2.36. The van der Waals surface area contributed by atoms with Gasteiger partial charge in [0.25, 0.3) is 0 Å². The Balaban J connectivity index is 2.06. The minimum Gasteiger partial charge on any atom is -0.398 e. The van der Waals surface area contributed by atoms with Crippen molar-refractivity contribution in [2.24, 2.45) is 5.92 Å². The average molecular weight is 308 g/mol. The lowest BCUT2D eigenvalue weighted by atomic mass is 9.94. The Bertz CT molecular complexity index is 654. The van der Waals surface area contributed by atoms with Gasteiger partial charge in [0.1, 0.15) is 0 Å². The van der Waals surface area contributed by atoms with Crippen molar-refractivity contribution in [1.82, 2.24) is 4.31 Å². The van der Waals surface area contributed by atoms with Gasteiger partial charge in [0.2, 0.25) is 10.0 Å². The lowest BCUT2D eigenvalue weighted by Gasteiger charge is -2.37. The predicted octanol–water partition coefficient (Wildman–Crippen LogP) is 2.84. The highest BCUT2D eigenvalue weighted by Gasteiger charge is 2.42. The van der Waals surface area contributed by atoms with E-state index in [-0.39, 0.29) is 6.04 Å². The number of nitrogens with two attached hydrogens (primary N) is 1. The van der Waals surface area contributed by atoms with Crippen molar-refractivity contribution in [3.63, 3.8) is 0 Å². The molecule has 2 unspecified atom stereocenters. The van der Waals surface area contributed by atoms with E-state index in [1.54, 1.807) is 10.4 Å². The van der Waals surface area contributed by atoms with Gasteiger partial charge in [-0.15, -0.1) is 0 Å². The molecule has 0 spiro atoms. The standard InChI is InChI=1S/C16H24N2O2S/c1-11-8-9-14(17)12(2)16(11)21(19,20)18-10-4-6-13-5-3-7-15(13)18/h8-9,13,15H,3-7,10,17H2,1-2H3. The number of nitrogens with zero attached hydrogens (tertiary/aromatic N) is 1. The summed E-state index contributed by atoms with van der Waals surface area (Å²) in [4.78, 5) is 0.426. The second-order valence-corrected chi connectivity index (χ2v) is 8.27. The van der Waals surface area contributed by atoms with Crippen molar-refractivity contribution >= 4 is 15.7 Å². The smallest absolute Gasteiger partial charge is 0.243 e. The lowest BCUT2D eigenvalue weighted by molar-refractivity contribution is 0.202. The third-order valence-corrected chi connectivity index (χ3v) is 7.37. The number of rotatable bonds is 2. The van der Waals surface area contributed by atoms with Gasteiger partial charge in [0, 0.05) is 18.3 Å². The molecule has 1 saturated carbocycles. The summed E-state index contributed by atoms with van der Waals surface area (Å²) < 4.78 is 28.2. The Morgan fingerprint density at radius 2 is 1.86 bits per heavy atom. The number of aryl methyl sites for hydroxylation is 1. The van der Waals surface area contributed by atoms with Gasteiger partial charge in [0.15, 0.2) is 0 Å². The number of anilines is 1. The summed E-state index contributed by atoms with van der Waals surface area (Å²) in [5.74, 6) is 0.551. The zero-order chi connectivity index (χ0) is 15.2. The van der Waals surface area contributed by atoms with Crippen LogP contribution in [0.15, 0.2) is 17.0 Å². The third-order valence-electron chi connectivity index (χ3n) is 5.15. The quantitative estimate of drug-likeness (QED) is 0.855. The number of nitrogen functional groups attached to an aromatic ring is 1. The molecule has 4 nitrogen and oxygen atoms in total. The molecule has 2 atom stereocenters. The van der Waals surface area contributed by atoms with Crippen LogP contribution in [-0.2, 0) is 10.0 Å². The zero-order valence-electron chi connectivity index (χ0n) is 12.8. The minimum atomic E-state index is -3.45. The highest BCUT2D eigenvalue weighted by molar-refractivity contribution is 7.89. The maximum absolute atomic E-state index is 13.2. The SMILES string of the molecule is Cc1ccc(N)c(C)c1S(=O)(=O)N1CCCC2CCCC21. The molecular weight excluding hydrogens is 284 g/mol. The van der Waals surface area contributed by atoms with E-state index in [0.717, 1.165) is 24.8 Å². The predicted molar refractivity (Wildman–Crippen MR) is 84.6 cm³/mol. The lowest BCUT2D eigenvalue weighted by Crippen LogP contribution is -2.46. The van der Waals surface area contributed by atoms with Gasteiger partial charge >= 0.3 is 0 Å². The second kappa shape index (κ2) is 5.29. The first-order chi connectivity index (χ1) is 9.93. The molecule has 2 N–H and O–H groups in total. The van der Waals surface area contributed by atoms with E-state index in [0.29, 0.717) is 28.6 Å². The molecule has 0 aromatic heterocycles. The van der Waals surface area contributed by atoms with Crippen molar-refractivity contribution < 1.29 is 8.42 Å². The molecule has 1 saturated heterocycles. The van der Waals surface area contributed by atoms with Crippen molar-refractivity contribution in [2.75, 3.05) is 12.3 Å². The molecule has 1 aliphatic carbocycles. The number of sulfonamides is 1. The second-order valence-electron chi connectivity index (χ2n) is 6.44. The Labute approximate surface area is 127 Å². The molecule has 1 aromatic rings. The minimum absolute atomic E-state index is 0.198. The first-order valence-corrected chi connectivity index (χ1v) is 9.24. The fourth-order valence-electron chi connectivity index (χ4n) is 4.06. The van der Waals surface area contributed by atoms with Crippen molar-refractivity contribution in [1.29, 1.82) is 0 Å². The van der Waals surface area contributed by atoms with Crippen LogP contribution < -0.4 is 5.73 Å². The van der Waals surface area contributed by atoms with Gasteiger partial charge in [-0.2, -0.15) is 4.31 Å². The van der Waals surface area contributed by atoms with Crippen LogP contribution >= 0.6 is 0 Å². The van der Waals surface area contributed by atoms with Crippen molar-refractivity contribution in [2.45, 2.75) is 56.9 Å². The van der Waals surface area contributed by atoms with E-state index in [4.69, 9.17) is 5.73 Å². The summed E-state index contributed by atoms with van der Waals surface area (Å²) in [7, 11) is -3.45. The Hall–Kier alpha value is -1.07. The molecule has 0 radical (unpaired) electrons. The molecular formula is C16H24N2O2S. The topological polar surface area (TPSA) is 63.4 Å². The molecule has 3 rings (SSSR count). The number of piperidine rings is 1. The van der Waals surface area contributed by atoms with E-state index in [2.05, 4.69) is 0 Å². The van der Waals surface area contributed by atoms with E-state index in [1.165, 1.54) is 12.8 Å². The van der Waals surface area contributed by atoms with Gasteiger partial charge in [0.05, 0.1) is 4.90 Å². The van der Waals surface area contributed by atoms with Crippen molar-refractivity contribution in [3.8, 4) is 0 Å². The highest BCUT2D eigenvalue weighted by atomic mass is 32.2. The number of hydrogen-bond donors (Lipinski definition) is 1. The average Bonchev–Trinajstić information content (AvgIpc) is 2.91. The van der Waals surface area contributed by atoms with Gasteiger partial charge in [-0.3, -0.25) is 0 Å². The van der Waals surface area contributed by atoms with Crippen LogP contribution in [0.2, 0.25) is 0 Å². The molecule has 1 aliphatic heterocycles. The number of benzene rings is 1. The molecule has 0 amide bonds. The molecule has 116 valence electrons. The summed E-state index contributed by atoms with van der Waals surface area (Å²) >= 11 is 0. The van der Waals surface area contributed by atoms with Gasteiger partial charge < -0.3 is 5.73 Å². The fourth-order valence-corrected chi connectivity index (χ4v) is 6.28. The molecule has 1 heterocycles. The summed E-state index contributed by atoms with van der Waals surface area (Å²) in [5, 5.41) is 0. The Morgan fingerprint density at radius 1 is 1.14 bits per heavy atom. The summed E-state index contributed by atoms with van der Waals surface area (Å²) in [5.41, 5.74) is 7.98. The van der Waals surface area contributed by atoms with Crippen LogP contribution in [-0.4, -0.2) is 25.3 Å². The fraction of sp³-hybridized carbons (Fsp3) is 0.625. The summed E-state index contributed by atoms with van der Waals surface area (Å²) in [6, 6.07) is 3.80. The Kier molecular flexibility index (Phi) is 3.74. The van der Waals surface area contributed by atoms with Crippen LogP contribution in [0.5, 0.6) is 0 Å². The Morgan fingerprint density at radius 3 is 2.62 bits per heavy atom. The summed E-state index contributed by atoms with van der Waals surface area (Å²) in [6.07, 6.45) is 5.47. The molecule has 5 heteroatoms. The molecule has 0 bridgehead atoms. The van der Waals surface area contributed by atoms with Gasteiger partial charge in [-0.25, -0.2) is 8.42 Å². The normalized spacial score (nSPS) is 26.8. The first-order valence-electron chi connectivity index (χ1n) is 7.80. The number of hydrogen-bond acceptors (Lipinski definition) is 3. The van der Waals surface area contributed by atoms with E-state index in [9.17, 15) is 8.42 Å². The maximum atomic E-state index is 13.2. The van der Waals surface area contributed by atoms with Gasteiger partial charge in [-0.1, -0.05) is 12.5 Å². The first kappa shape index (κ1) is 14.9. The monoisotopic (exact) mass is 308 g/mol. The van der Waals surface area contributed by atoms with Gasteiger partial charge in [-0.05, 0) is 62.6 Å². The van der Waals surface area contributed by atoms with Crippen LogP contribution in [0.1, 0.15) is 43.2 Å². The van der Waals surface area contributed by atoms with Crippen molar-refractivity contribution in [3.05, 3.63) is 23.3 Å². The molecule has 2 fully saturated rings. The van der Waals surface area contributed by atoms with Crippen LogP contribution in [0, 0.1) is 19.8 Å². The van der Waals surface area contributed by atoms with E-state index < -0.39 is 10.0 Å². The van der Waals surface area contributed by atoms with Crippen LogP contribution in [0.4, 0.5) is 5.69 Å². The number of fused-ring (bicyclic) bond motifs is 1. The van der Waals surface area contributed by atoms with Crippen LogP contribution in [0.25, 0.3) is 0 Å². The van der Waals surface area contributed by atoms with Crippen LogP contribution in [0.3, 0.4) is 0 Å². The van der Waals surface area contributed by atoms with E-state index >= 15 is 0 Å². The maximum Gasteiger partial charge on any atom is 0.243 e. The largest absolute Gasteiger partial charge is 0.398 e.